The predicted octanol–water partition coefficient (Wildman–Crippen LogP) is 4.75. The topological polar surface area (TPSA) is 31.6 Å². The summed E-state index contributed by atoms with van der Waals surface area (Å²) in [5.41, 5.74) is 0.867. The number of methoxy groups -OCH3 is 1. The summed E-state index contributed by atoms with van der Waals surface area (Å²) >= 11 is 0. The SMILES string of the molecule is COc1ccc(Oc2ccccc2)cc1-c1ccco1. The molecule has 1 aromatic heterocycles. The lowest BCUT2D eigenvalue weighted by Gasteiger charge is -2.10. The van der Waals surface area contributed by atoms with Crippen LogP contribution in [-0.4, -0.2) is 7.11 Å². The summed E-state index contributed by atoms with van der Waals surface area (Å²) in [6, 6.07) is 19.0. The fraction of sp³-hybridized carbons (Fsp3) is 0.0588. The van der Waals surface area contributed by atoms with E-state index in [-0.39, 0.29) is 0 Å². The van der Waals surface area contributed by atoms with Gasteiger partial charge < -0.3 is 13.9 Å². The van der Waals surface area contributed by atoms with E-state index in [9.17, 15) is 0 Å². The van der Waals surface area contributed by atoms with Gasteiger partial charge in [-0.25, -0.2) is 0 Å². The highest BCUT2D eigenvalue weighted by Gasteiger charge is 2.10. The van der Waals surface area contributed by atoms with Gasteiger partial charge in [0.25, 0.3) is 0 Å². The summed E-state index contributed by atoms with van der Waals surface area (Å²) in [6.45, 7) is 0. The van der Waals surface area contributed by atoms with Crippen LogP contribution in [0.3, 0.4) is 0 Å². The number of benzene rings is 2. The minimum atomic E-state index is 0.739. The lowest BCUT2D eigenvalue weighted by molar-refractivity contribution is 0.412. The first-order valence-corrected chi connectivity index (χ1v) is 6.31. The lowest BCUT2D eigenvalue weighted by atomic mass is 10.1. The fourth-order valence-corrected chi connectivity index (χ4v) is 2.00. The zero-order valence-electron chi connectivity index (χ0n) is 11.1. The number of para-hydroxylation sites is 1. The molecule has 3 rings (SSSR count). The number of rotatable bonds is 4. The molecule has 0 fully saturated rings. The van der Waals surface area contributed by atoms with Gasteiger partial charge in [-0.3, -0.25) is 0 Å². The number of hydrogen-bond donors (Lipinski definition) is 0. The van der Waals surface area contributed by atoms with Crippen molar-refractivity contribution < 1.29 is 13.9 Å². The Balaban J connectivity index is 1.96. The maximum atomic E-state index is 5.82. The predicted molar refractivity (Wildman–Crippen MR) is 77.2 cm³/mol. The molecule has 3 nitrogen and oxygen atoms in total. The molecule has 3 aromatic rings. The van der Waals surface area contributed by atoms with Crippen LogP contribution in [0.5, 0.6) is 17.2 Å². The minimum Gasteiger partial charge on any atom is -0.496 e. The van der Waals surface area contributed by atoms with E-state index >= 15 is 0 Å². The largest absolute Gasteiger partial charge is 0.496 e. The second kappa shape index (κ2) is 5.53. The Kier molecular flexibility index (Phi) is 3.42. The Labute approximate surface area is 117 Å². The van der Waals surface area contributed by atoms with Crippen LogP contribution < -0.4 is 9.47 Å². The van der Waals surface area contributed by atoms with Crippen LogP contribution in [0.4, 0.5) is 0 Å². The fourth-order valence-electron chi connectivity index (χ4n) is 2.00. The Bertz CT molecular complexity index is 673. The smallest absolute Gasteiger partial charge is 0.137 e. The van der Waals surface area contributed by atoms with Gasteiger partial charge in [0.05, 0.1) is 18.9 Å². The van der Waals surface area contributed by atoms with Crippen LogP contribution in [0.1, 0.15) is 0 Å². The lowest BCUT2D eigenvalue weighted by Crippen LogP contribution is -1.89. The summed E-state index contributed by atoms with van der Waals surface area (Å²) < 4.78 is 16.6. The van der Waals surface area contributed by atoms with E-state index in [1.165, 1.54) is 0 Å². The van der Waals surface area contributed by atoms with Crippen molar-refractivity contribution in [1.29, 1.82) is 0 Å². The van der Waals surface area contributed by atoms with Gasteiger partial charge in [0, 0.05) is 0 Å². The molecule has 1 heterocycles. The summed E-state index contributed by atoms with van der Waals surface area (Å²) in [4.78, 5) is 0. The van der Waals surface area contributed by atoms with Crippen molar-refractivity contribution in [2.24, 2.45) is 0 Å². The van der Waals surface area contributed by atoms with Gasteiger partial charge >= 0.3 is 0 Å². The molecule has 2 aromatic carbocycles. The molecular weight excluding hydrogens is 252 g/mol. The van der Waals surface area contributed by atoms with E-state index in [2.05, 4.69) is 0 Å². The molecule has 20 heavy (non-hydrogen) atoms. The van der Waals surface area contributed by atoms with Gasteiger partial charge in [-0.05, 0) is 42.5 Å². The average Bonchev–Trinajstić information content (AvgIpc) is 3.02. The van der Waals surface area contributed by atoms with E-state index < -0.39 is 0 Å². The molecule has 0 saturated heterocycles. The average molecular weight is 266 g/mol. The van der Waals surface area contributed by atoms with E-state index in [0.29, 0.717) is 0 Å². The van der Waals surface area contributed by atoms with Crippen LogP contribution in [-0.2, 0) is 0 Å². The summed E-state index contributed by atoms with van der Waals surface area (Å²) in [5.74, 6) is 3.03. The number of hydrogen-bond acceptors (Lipinski definition) is 3. The van der Waals surface area contributed by atoms with E-state index in [4.69, 9.17) is 13.9 Å². The molecule has 0 radical (unpaired) electrons. The number of furan rings is 1. The molecule has 3 heteroatoms. The zero-order chi connectivity index (χ0) is 13.8. The molecule has 100 valence electrons. The third-order valence-electron chi connectivity index (χ3n) is 2.94. The maximum Gasteiger partial charge on any atom is 0.137 e. The highest BCUT2D eigenvalue weighted by molar-refractivity contribution is 5.68. The minimum absolute atomic E-state index is 0.739. The normalized spacial score (nSPS) is 10.2. The van der Waals surface area contributed by atoms with Gasteiger partial charge in [0.15, 0.2) is 0 Å². The summed E-state index contributed by atoms with van der Waals surface area (Å²) in [5, 5.41) is 0. The van der Waals surface area contributed by atoms with Gasteiger partial charge in [0.1, 0.15) is 23.0 Å². The van der Waals surface area contributed by atoms with E-state index in [0.717, 1.165) is 28.6 Å². The van der Waals surface area contributed by atoms with Crippen LogP contribution in [0, 0.1) is 0 Å². The molecule has 0 saturated carbocycles. The van der Waals surface area contributed by atoms with Crippen molar-refractivity contribution in [3.05, 3.63) is 66.9 Å². The van der Waals surface area contributed by atoms with Crippen molar-refractivity contribution in [2.75, 3.05) is 7.11 Å². The van der Waals surface area contributed by atoms with E-state index in [1.807, 2.05) is 60.7 Å². The quantitative estimate of drug-likeness (QED) is 0.683. The molecule has 0 bridgehead atoms. The Morgan fingerprint density at radius 3 is 2.40 bits per heavy atom. The van der Waals surface area contributed by atoms with Crippen LogP contribution in [0.25, 0.3) is 11.3 Å². The second-order valence-corrected chi connectivity index (χ2v) is 4.25. The Morgan fingerprint density at radius 2 is 1.70 bits per heavy atom. The highest BCUT2D eigenvalue weighted by atomic mass is 16.5. The molecule has 0 N–H and O–H groups in total. The van der Waals surface area contributed by atoms with Gasteiger partial charge in [-0.1, -0.05) is 18.2 Å². The second-order valence-electron chi connectivity index (χ2n) is 4.25. The van der Waals surface area contributed by atoms with Crippen molar-refractivity contribution in [1.82, 2.24) is 0 Å². The Hall–Kier alpha value is -2.68. The Morgan fingerprint density at radius 1 is 0.850 bits per heavy atom. The molecular formula is C17H14O3. The summed E-state index contributed by atoms with van der Waals surface area (Å²) in [7, 11) is 1.64. The van der Waals surface area contributed by atoms with Gasteiger partial charge in [0.2, 0.25) is 0 Å². The first-order chi connectivity index (χ1) is 9.86. The van der Waals surface area contributed by atoms with Crippen LogP contribution >= 0.6 is 0 Å². The maximum absolute atomic E-state index is 5.82. The van der Waals surface area contributed by atoms with Crippen LogP contribution in [0.2, 0.25) is 0 Å². The zero-order valence-corrected chi connectivity index (χ0v) is 11.1. The number of ether oxygens (including phenoxy) is 2. The molecule has 0 atom stereocenters. The molecule has 0 unspecified atom stereocenters. The third kappa shape index (κ3) is 2.52. The van der Waals surface area contributed by atoms with Crippen molar-refractivity contribution in [3.63, 3.8) is 0 Å². The van der Waals surface area contributed by atoms with Gasteiger partial charge in [-0.15, -0.1) is 0 Å². The summed E-state index contributed by atoms with van der Waals surface area (Å²) in [6.07, 6.45) is 1.64. The van der Waals surface area contributed by atoms with Crippen molar-refractivity contribution in [2.45, 2.75) is 0 Å². The molecule has 0 amide bonds. The highest BCUT2D eigenvalue weighted by Crippen LogP contribution is 2.35. The first kappa shape index (κ1) is 12.4. The van der Waals surface area contributed by atoms with Gasteiger partial charge in [-0.2, -0.15) is 0 Å². The van der Waals surface area contributed by atoms with E-state index in [1.54, 1.807) is 13.4 Å². The standard InChI is InChI=1S/C17H14O3/c1-18-16-10-9-14(20-13-6-3-2-4-7-13)12-15(16)17-8-5-11-19-17/h2-12H,1H3. The first-order valence-electron chi connectivity index (χ1n) is 6.31. The molecule has 0 aliphatic heterocycles. The monoisotopic (exact) mass is 266 g/mol. The molecule has 0 aliphatic carbocycles. The van der Waals surface area contributed by atoms with Crippen LogP contribution in [0.15, 0.2) is 71.3 Å². The van der Waals surface area contributed by atoms with Crippen molar-refractivity contribution in [3.8, 4) is 28.6 Å². The molecule has 0 spiro atoms. The van der Waals surface area contributed by atoms with Crippen molar-refractivity contribution >= 4 is 0 Å². The third-order valence-corrected chi connectivity index (χ3v) is 2.94. The molecule has 0 aliphatic rings.